The monoisotopic (exact) mass is 1020 g/mol. The molecule has 16 rings (SSSR count). The number of hydrogen-bond acceptors (Lipinski definition) is 0. The quantitative estimate of drug-likeness (QED) is 0.122. The highest BCUT2D eigenvalue weighted by atomic mass is 15.0. The van der Waals surface area contributed by atoms with Crippen LogP contribution in [-0.2, 0) is 19.3 Å². The van der Waals surface area contributed by atoms with Gasteiger partial charge in [0.2, 0.25) is 0 Å². The molecule has 0 saturated carbocycles. The lowest BCUT2D eigenvalue weighted by Gasteiger charge is -2.25. The number of hydrogen-bond donors (Lipinski definition) is 0. The zero-order chi connectivity index (χ0) is 52.0. The van der Waals surface area contributed by atoms with E-state index in [1.165, 1.54) is 133 Å². The Morgan fingerprint density at radius 3 is 1.22 bits per heavy atom. The van der Waals surface area contributed by atoms with Gasteiger partial charge >= 0.3 is 0 Å². The van der Waals surface area contributed by atoms with Crippen LogP contribution in [0.15, 0.2) is 248 Å². The van der Waals surface area contributed by atoms with Gasteiger partial charge in [-0.25, -0.2) is 0 Å². The van der Waals surface area contributed by atoms with Crippen molar-refractivity contribution in [3.63, 3.8) is 0 Å². The average molecular weight is 1020 g/mol. The van der Waals surface area contributed by atoms with Gasteiger partial charge in [0.05, 0.1) is 33.1 Å². The van der Waals surface area contributed by atoms with Crippen LogP contribution in [0.3, 0.4) is 0 Å². The van der Waals surface area contributed by atoms with Crippen molar-refractivity contribution in [3.05, 3.63) is 271 Å². The highest BCUT2D eigenvalue weighted by molar-refractivity contribution is 6.12. The van der Waals surface area contributed by atoms with Crippen molar-refractivity contribution in [1.82, 2.24) is 18.3 Å². The summed E-state index contributed by atoms with van der Waals surface area (Å²) in [6.45, 7) is 0. The van der Waals surface area contributed by atoms with Crippen LogP contribution < -0.4 is 0 Å². The Labute approximate surface area is 460 Å². The number of aromatic nitrogens is 4. The molecular formula is C75H60N4. The summed E-state index contributed by atoms with van der Waals surface area (Å²) in [5.74, 6) is 0.624. The van der Waals surface area contributed by atoms with Gasteiger partial charge < -0.3 is 18.3 Å². The van der Waals surface area contributed by atoms with Crippen LogP contribution in [0.25, 0.3) is 104 Å². The van der Waals surface area contributed by atoms with Gasteiger partial charge in [0.25, 0.3) is 0 Å². The minimum Gasteiger partial charge on any atom is -0.337 e. The predicted octanol–water partition coefficient (Wildman–Crippen LogP) is 19.5. The third-order valence-corrected chi connectivity index (χ3v) is 18.0. The molecule has 0 spiro atoms. The van der Waals surface area contributed by atoms with Gasteiger partial charge in [-0.3, -0.25) is 0 Å². The first kappa shape index (κ1) is 46.0. The van der Waals surface area contributed by atoms with Crippen LogP contribution in [0.1, 0.15) is 66.8 Å². The van der Waals surface area contributed by atoms with Gasteiger partial charge in [-0.2, -0.15) is 0 Å². The maximum Gasteiger partial charge on any atom is 0.0541 e. The zero-order valence-electron chi connectivity index (χ0n) is 44.4. The van der Waals surface area contributed by atoms with E-state index < -0.39 is 0 Å². The molecule has 2 aliphatic carbocycles. The molecule has 380 valence electrons. The van der Waals surface area contributed by atoms with E-state index in [2.05, 4.69) is 261 Å². The van der Waals surface area contributed by atoms with Crippen LogP contribution in [0.4, 0.5) is 0 Å². The van der Waals surface area contributed by atoms with Gasteiger partial charge in [-0.1, -0.05) is 163 Å². The maximum absolute atomic E-state index is 2.61. The maximum atomic E-state index is 2.61. The fourth-order valence-corrected chi connectivity index (χ4v) is 14.3. The van der Waals surface area contributed by atoms with Gasteiger partial charge in [0, 0.05) is 77.2 Å². The second kappa shape index (κ2) is 18.8. The minimum atomic E-state index is 0.471. The lowest BCUT2D eigenvalue weighted by molar-refractivity contribution is 0.472. The second-order valence-electron chi connectivity index (χ2n) is 22.7. The minimum absolute atomic E-state index is 0.471. The van der Waals surface area contributed by atoms with Crippen LogP contribution in [0, 0.1) is 5.92 Å². The molecule has 14 aromatic rings. The van der Waals surface area contributed by atoms with Gasteiger partial charge in [-0.15, -0.1) is 0 Å². The summed E-state index contributed by atoms with van der Waals surface area (Å²) >= 11 is 0. The molecule has 0 amide bonds. The van der Waals surface area contributed by atoms with E-state index >= 15 is 0 Å². The third-order valence-electron chi connectivity index (χ3n) is 18.0. The topological polar surface area (TPSA) is 19.7 Å². The average Bonchev–Trinajstić information content (AvgIpc) is 4.35. The van der Waals surface area contributed by atoms with E-state index in [-0.39, 0.29) is 0 Å². The Hall–Kier alpha value is -9.12. The summed E-state index contributed by atoms with van der Waals surface area (Å²) in [7, 11) is 0. The fraction of sp³-hybridized carbons (Fsp3) is 0.147. The molecule has 0 saturated heterocycles. The molecule has 0 radical (unpaired) electrons. The SMILES string of the molecule is C1=C(Cc2ccc3c(c2)c2ccccc2n3-c2ccc(Cc3ccc(-n4c5ccccc5c5cc(CC6CC=C(n7c8ccccc8c8ccccc87)CC6)ccc54)cc3)cc2)CCC(n2c3ccccc3c3ccccc32)C1. The first-order valence-corrected chi connectivity index (χ1v) is 28.7. The van der Waals surface area contributed by atoms with Crippen molar-refractivity contribution in [1.29, 1.82) is 0 Å². The first-order valence-electron chi connectivity index (χ1n) is 28.7. The van der Waals surface area contributed by atoms with E-state index in [9.17, 15) is 0 Å². The van der Waals surface area contributed by atoms with Crippen molar-refractivity contribution in [2.75, 3.05) is 0 Å². The number of nitrogens with zero attached hydrogens (tertiary/aromatic N) is 4. The van der Waals surface area contributed by atoms with Crippen LogP contribution in [0.5, 0.6) is 0 Å². The molecule has 4 heterocycles. The lowest BCUT2D eigenvalue weighted by Crippen LogP contribution is -2.12. The summed E-state index contributed by atoms with van der Waals surface area (Å²) < 4.78 is 10.0. The molecule has 0 bridgehead atoms. The third kappa shape index (κ3) is 7.79. The van der Waals surface area contributed by atoms with E-state index in [0.29, 0.717) is 12.0 Å². The summed E-state index contributed by atoms with van der Waals surface area (Å²) in [5.41, 5.74) is 21.2. The number of fused-ring (bicyclic) bond motifs is 12. The summed E-state index contributed by atoms with van der Waals surface area (Å²) in [6, 6.07) is 86.9. The number of allylic oxidation sites excluding steroid dienone is 4. The molecule has 79 heavy (non-hydrogen) atoms. The highest BCUT2D eigenvalue weighted by Crippen LogP contribution is 2.41. The number of rotatable bonds is 10. The second-order valence-corrected chi connectivity index (χ2v) is 22.7. The molecule has 2 aliphatic rings. The van der Waals surface area contributed by atoms with Crippen molar-refractivity contribution in [2.24, 2.45) is 5.92 Å². The Morgan fingerprint density at radius 1 is 0.316 bits per heavy atom. The molecule has 4 heteroatoms. The molecule has 0 fully saturated rings. The number of para-hydroxylation sites is 6. The van der Waals surface area contributed by atoms with E-state index in [0.717, 1.165) is 51.4 Å². The molecule has 0 aliphatic heterocycles. The van der Waals surface area contributed by atoms with Gasteiger partial charge in [0.1, 0.15) is 0 Å². The molecule has 0 N–H and O–H groups in total. The molecule has 10 aromatic carbocycles. The first-order chi connectivity index (χ1) is 39.1. The van der Waals surface area contributed by atoms with E-state index in [1.54, 1.807) is 5.57 Å². The van der Waals surface area contributed by atoms with E-state index in [4.69, 9.17) is 0 Å². The zero-order valence-corrected chi connectivity index (χ0v) is 44.4. The van der Waals surface area contributed by atoms with Gasteiger partial charge in [0.15, 0.2) is 0 Å². The molecular weight excluding hydrogens is 957 g/mol. The lowest BCUT2D eigenvalue weighted by atomic mass is 9.87. The molecule has 2 atom stereocenters. The van der Waals surface area contributed by atoms with Gasteiger partial charge in [-0.05, 0) is 171 Å². The Morgan fingerprint density at radius 2 is 0.734 bits per heavy atom. The number of benzene rings is 10. The van der Waals surface area contributed by atoms with Crippen molar-refractivity contribution in [3.8, 4) is 11.4 Å². The van der Waals surface area contributed by atoms with Crippen molar-refractivity contribution in [2.45, 2.75) is 63.8 Å². The summed E-state index contributed by atoms with van der Waals surface area (Å²) in [6.07, 6.45) is 14.8. The Bertz CT molecular complexity index is 4650. The smallest absolute Gasteiger partial charge is 0.0541 e. The molecule has 2 unspecified atom stereocenters. The van der Waals surface area contributed by atoms with E-state index in [1.807, 2.05) is 0 Å². The van der Waals surface area contributed by atoms with Crippen LogP contribution in [-0.4, -0.2) is 18.3 Å². The standard InChI is InChI=1S/C75H60N4/c1-7-19-68-60(13-1)61-14-2-8-20-69(61)76(68)56-39-29-52(30-40-56)46-54-33-43-74-66(48-54)64-17-5-11-23-72(64)78(74)58-35-25-50(26-36-58)45-51-27-37-59(38-28-51)79-73-24-12-6-18-65(73)67-49-55(34-44-75(67)79)47-53-31-41-57(42-32-53)77-70-21-9-3-15-62(70)63-16-4-10-22-71(63)77/h1-29,33-38,41,43-44,48-49,53,56H,30-32,39-40,42,45-47H2. The Kier molecular flexibility index (Phi) is 11.0. The van der Waals surface area contributed by atoms with Crippen LogP contribution in [0.2, 0.25) is 0 Å². The normalized spacial score (nSPS) is 16.1. The predicted molar refractivity (Wildman–Crippen MR) is 333 cm³/mol. The summed E-state index contributed by atoms with van der Waals surface area (Å²) in [4.78, 5) is 0. The molecule has 4 aromatic heterocycles. The van der Waals surface area contributed by atoms with Crippen molar-refractivity contribution < 1.29 is 0 Å². The molecule has 4 nitrogen and oxygen atoms in total. The Balaban J connectivity index is 0.617. The highest BCUT2D eigenvalue weighted by Gasteiger charge is 2.24. The van der Waals surface area contributed by atoms with Crippen molar-refractivity contribution >= 4 is 92.9 Å². The summed E-state index contributed by atoms with van der Waals surface area (Å²) in [5, 5.41) is 10.7. The van der Waals surface area contributed by atoms with Crippen LogP contribution >= 0.6 is 0 Å². The largest absolute Gasteiger partial charge is 0.337 e. The fourth-order valence-electron chi connectivity index (χ4n) is 14.3.